The van der Waals surface area contributed by atoms with Crippen LogP contribution in [0.25, 0.3) is 11.6 Å². The number of halogens is 1. The monoisotopic (exact) mass is 384 g/mol. The lowest BCUT2D eigenvalue weighted by Crippen LogP contribution is -2.21. The molecule has 1 aliphatic rings. The van der Waals surface area contributed by atoms with Gasteiger partial charge in [0.25, 0.3) is 5.91 Å². The zero-order valence-corrected chi connectivity index (χ0v) is 15.8. The molecule has 1 amide bonds. The molecule has 3 rings (SSSR count). The zero-order valence-electron chi connectivity index (χ0n) is 14.2. The van der Waals surface area contributed by atoms with Crippen molar-refractivity contribution in [3.63, 3.8) is 0 Å². The first kappa shape index (κ1) is 16.8. The minimum absolute atomic E-state index is 0.0426. The molecular weight excluding hydrogens is 364 g/mol. The molecule has 0 radical (unpaired) electrons. The molecule has 0 fully saturated rings. The Kier molecular flexibility index (Phi) is 4.76. The van der Waals surface area contributed by atoms with Crippen LogP contribution in [0.3, 0.4) is 0 Å². The van der Waals surface area contributed by atoms with E-state index in [0.717, 1.165) is 45.5 Å². The first-order valence-corrected chi connectivity index (χ1v) is 9.02. The van der Waals surface area contributed by atoms with Crippen LogP contribution in [0.15, 0.2) is 40.9 Å². The Bertz CT molecular complexity index is 805. The highest BCUT2D eigenvalue weighted by Gasteiger charge is 2.26. The van der Waals surface area contributed by atoms with Gasteiger partial charge in [0.15, 0.2) is 0 Å². The van der Waals surface area contributed by atoms with Gasteiger partial charge < -0.3 is 10.2 Å². The molecule has 0 aliphatic carbocycles. The molecule has 24 heavy (non-hydrogen) atoms. The van der Waals surface area contributed by atoms with Crippen LogP contribution in [0.4, 0.5) is 11.4 Å². The number of carbonyl (C=O) groups is 1. The highest BCUT2D eigenvalue weighted by molar-refractivity contribution is 9.10. The summed E-state index contributed by atoms with van der Waals surface area (Å²) in [6, 6.07) is 12.3. The predicted molar refractivity (Wildman–Crippen MR) is 105 cm³/mol. The van der Waals surface area contributed by atoms with Crippen LogP contribution < -0.4 is 10.2 Å². The molecule has 0 saturated carbocycles. The van der Waals surface area contributed by atoms with Crippen molar-refractivity contribution in [1.29, 1.82) is 0 Å². The van der Waals surface area contributed by atoms with E-state index in [1.165, 1.54) is 5.69 Å². The van der Waals surface area contributed by atoms with Crippen LogP contribution in [0, 0.1) is 6.92 Å². The topological polar surface area (TPSA) is 32.3 Å². The van der Waals surface area contributed by atoms with Crippen LogP contribution in [-0.4, -0.2) is 19.0 Å². The van der Waals surface area contributed by atoms with Gasteiger partial charge >= 0.3 is 0 Å². The van der Waals surface area contributed by atoms with Gasteiger partial charge in [0.05, 0.1) is 0 Å². The normalized spacial score (nSPS) is 14.7. The number of nitrogens with one attached hydrogen (secondary N) is 1. The van der Waals surface area contributed by atoms with E-state index in [4.69, 9.17) is 0 Å². The third-order valence-corrected chi connectivity index (χ3v) is 5.35. The van der Waals surface area contributed by atoms with Gasteiger partial charge in [-0.25, -0.2) is 0 Å². The number of anilines is 2. The number of carbonyl (C=O) groups excluding carboxylic acids is 1. The van der Waals surface area contributed by atoms with E-state index in [2.05, 4.69) is 64.3 Å². The van der Waals surface area contributed by atoms with Gasteiger partial charge in [-0.2, -0.15) is 0 Å². The van der Waals surface area contributed by atoms with Crippen molar-refractivity contribution in [3.8, 4) is 0 Å². The molecule has 124 valence electrons. The van der Waals surface area contributed by atoms with Crippen molar-refractivity contribution >= 4 is 44.9 Å². The maximum atomic E-state index is 12.4. The second-order valence-corrected chi connectivity index (χ2v) is 6.73. The van der Waals surface area contributed by atoms with Gasteiger partial charge in [-0.15, -0.1) is 0 Å². The maximum absolute atomic E-state index is 12.4. The lowest BCUT2D eigenvalue weighted by atomic mass is 9.99. The Balaban J connectivity index is 1.98. The van der Waals surface area contributed by atoms with Crippen molar-refractivity contribution in [2.45, 2.75) is 20.8 Å². The second kappa shape index (κ2) is 6.81. The summed E-state index contributed by atoms with van der Waals surface area (Å²) < 4.78 is 1.01. The minimum atomic E-state index is -0.0426. The molecule has 1 N–H and O–H groups in total. The molecule has 0 bridgehead atoms. The number of hydrogen-bond donors (Lipinski definition) is 1. The van der Waals surface area contributed by atoms with E-state index < -0.39 is 0 Å². The van der Waals surface area contributed by atoms with Gasteiger partial charge in [0.2, 0.25) is 0 Å². The molecule has 0 unspecified atom stereocenters. The van der Waals surface area contributed by atoms with E-state index in [-0.39, 0.29) is 5.91 Å². The van der Waals surface area contributed by atoms with Crippen LogP contribution in [0.1, 0.15) is 30.5 Å². The smallest absolute Gasteiger partial charge is 0.256 e. The summed E-state index contributed by atoms with van der Waals surface area (Å²) in [4.78, 5) is 14.7. The summed E-state index contributed by atoms with van der Waals surface area (Å²) >= 11 is 3.55. The highest BCUT2D eigenvalue weighted by Crippen LogP contribution is 2.38. The number of benzene rings is 2. The van der Waals surface area contributed by atoms with E-state index in [1.54, 1.807) is 0 Å². The molecule has 1 aliphatic heterocycles. The van der Waals surface area contributed by atoms with Crippen molar-refractivity contribution < 1.29 is 4.79 Å². The third kappa shape index (κ3) is 2.98. The Morgan fingerprint density at radius 1 is 1.08 bits per heavy atom. The summed E-state index contributed by atoms with van der Waals surface area (Å²) in [5.41, 5.74) is 5.91. The quantitative estimate of drug-likeness (QED) is 0.743. The third-order valence-electron chi connectivity index (χ3n) is 4.49. The van der Waals surface area contributed by atoms with Gasteiger partial charge in [-0.05, 0) is 62.2 Å². The van der Waals surface area contributed by atoms with E-state index in [0.29, 0.717) is 0 Å². The molecular formula is C20H21BrN2O. The van der Waals surface area contributed by atoms with Crippen molar-refractivity contribution in [2.75, 3.05) is 23.3 Å². The van der Waals surface area contributed by atoms with Gasteiger partial charge in [-0.1, -0.05) is 28.1 Å². The Hall–Kier alpha value is -2.07. The average molecular weight is 385 g/mol. The highest BCUT2D eigenvalue weighted by atomic mass is 79.9. The predicted octanol–water partition coefficient (Wildman–Crippen LogP) is 5.10. The van der Waals surface area contributed by atoms with Gasteiger partial charge in [0, 0.05) is 40.1 Å². The average Bonchev–Trinajstić information content (AvgIpc) is 2.90. The SMILES string of the molecule is CCN(CC)c1ccc(C=C2C(=O)Nc3ccc(Br)c(C)c32)cc1. The number of fused-ring (bicyclic) bond motifs is 1. The Morgan fingerprint density at radius 2 is 1.75 bits per heavy atom. The van der Waals surface area contributed by atoms with Crippen molar-refractivity contribution in [2.24, 2.45) is 0 Å². The van der Waals surface area contributed by atoms with E-state index in [9.17, 15) is 4.79 Å². The summed E-state index contributed by atoms with van der Waals surface area (Å²) in [5, 5.41) is 2.95. The lowest BCUT2D eigenvalue weighted by Gasteiger charge is -2.20. The van der Waals surface area contributed by atoms with Gasteiger partial charge in [-0.3, -0.25) is 4.79 Å². The minimum Gasteiger partial charge on any atom is -0.372 e. The maximum Gasteiger partial charge on any atom is 0.256 e. The van der Waals surface area contributed by atoms with Crippen LogP contribution in [-0.2, 0) is 4.79 Å². The molecule has 0 saturated heterocycles. The fraction of sp³-hybridized carbons (Fsp3) is 0.250. The van der Waals surface area contributed by atoms with Crippen LogP contribution >= 0.6 is 15.9 Å². The van der Waals surface area contributed by atoms with E-state index >= 15 is 0 Å². The molecule has 3 nitrogen and oxygen atoms in total. The summed E-state index contributed by atoms with van der Waals surface area (Å²) in [6.45, 7) is 8.31. The second-order valence-electron chi connectivity index (χ2n) is 5.87. The lowest BCUT2D eigenvalue weighted by molar-refractivity contribution is -0.110. The van der Waals surface area contributed by atoms with E-state index in [1.807, 2.05) is 25.1 Å². The largest absolute Gasteiger partial charge is 0.372 e. The van der Waals surface area contributed by atoms with Crippen molar-refractivity contribution in [3.05, 3.63) is 57.6 Å². The molecule has 1 heterocycles. The molecule has 2 aromatic carbocycles. The van der Waals surface area contributed by atoms with Crippen molar-refractivity contribution in [1.82, 2.24) is 0 Å². The summed E-state index contributed by atoms with van der Waals surface area (Å²) in [7, 11) is 0. The number of amides is 1. The first-order valence-electron chi connectivity index (χ1n) is 8.22. The Morgan fingerprint density at radius 3 is 2.38 bits per heavy atom. The Labute approximate surface area is 151 Å². The molecule has 4 heteroatoms. The standard InChI is InChI=1S/C20H21BrN2O/c1-4-23(5-2)15-8-6-14(7-9-15)12-16-19-13(3)17(21)10-11-18(19)22-20(16)24/h6-12H,4-5H2,1-3H3,(H,22,24). The zero-order chi connectivity index (χ0) is 17.3. The molecule has 2 aromatic rings. The number of nitrogens with zero attached hydrogens (tertiary/aromatic N) is 1. The summed E-state index contributed by atoms with van der Waals surface area (Å²) in [5.74, 6) is -0.0426. The molecule has 0 aromatic heterocycles. The first-order chi connectivity index (χ1) is 11.5. The number of rotatable bonds is 4. The van der Waals surface area contributed by atoms with Crippen LogP contribution in [0.5, 0.6) is 0 Å². The van der Waals surface area contributed by atoms with Crippen LogP contribution in [0.2, 0.25) is 0 Å². The number of hydrogen-bond acceptors (Lipinski definition) is 2. The summed E-state index contributed by atoms with van der Waals surface area (Å²) in [6.07, 6.45) is 1.96. The fourth-order valence-electron chi connectivity index (χ4n) is 3.12. The van der Waals surface area contributed by atoms with Gasteiger partial charge in [0.1, 0.15) is 0 Å². The molecule has 0 spiro atoms. The fourth-order valence-corrected chi connectivity index (χ4v) is 3.45. The molecule has 0 atom stereocenters.